The first-order valence-corrected chi connectivity index (χ1v) is 6.60. The minimum atomic E-state index is -0.228. The first-order chi connectivity index (χ1) is 7.63. The molecule has 0 saturated heterocycles. The normalized spacial score (nSPS) is 10.7. The average Bonchev–Trinajstić information content (AvgIpc) is 2.53. The number of ether oxygens (including phenoxy) is 1. The van der Waals surface area contributed by atoms with Gasteiger partial charge in [-0.25, -0.2) is 4.79 Å². The second kappa shape index (κ2) is 4.55. The molecule has 2 aromatic rings. The van der Waals surface area contributed by atoms with Gasteiger partial charge in [-0.2, -0.15) is 0 Å². The van der Waals surface area contributed by atoms with Crippen LogP contribution in [0.4, 0.5) is 0 Å². The van der Waals surface area contributed by atoms with E-state index in [9.17, 15) is 4.79 Å². The largest absolute Gasteiger partial charge is 0.462 e. The van der Waals surface area contributed by atoms with Crippen molar-refractivity contribution in [2.24, 2.45) is 0 Å². The molecule has 84 valence electrons. The number of hydrogen-bond donors (Lipinski definition) is 0. The summed E-state index contributed by atoms with van der Waals surface area (Å²) in [4.78, 5) is 12.8. The van der Waals surface area contributed by atoms with Gasteiger partial charge in [0.05, 0.1) is 12.2 Å². The zero-order chi connectivity index (χ0) is 11.7. The SMILES string of the molecule is CCOC(=O)c1c(C)sc2cc(Br)ccc12. The Morgan fingerprint density at radius 2 is 2.25 bits per heavy atom. The molecule has 0 N–H and O–H groups in total. The van der Waals surface area contributed by atoms with Crippen molar-refractivity contribution in [2.45, 2.75) is 13.8 Å². The van der Waals surface area contributed by atoms with Crippen molar-refractivity contribution in [1.29, 1.82) is 0 Å². The van der Waals surface area contributed by atoms with E-state index < -0.39 is 0 Å². The molecule has 0 aliphatic heterocycles. The van der Waals surface area contributed by atoms with E-state index in [0.717, 1.165) is 19.4 Å². The molecule has 0 unspecified atom stereocenters. The maximum Gasteiger partial charge on any atom is 0.339 e. The van der Waals surface area contributed by atoms with Crippen LogP contribution in [0.15, 0.2) is 22.7 Å². The third-order valence-electron chi connectivity index (χ3n) is 2.31. The van der Waals surface area contributed by atoms with Gasteiger partial charge in [-0.05, 0) is 26.0 Å². The lowest BCUT2D eigenvalue weighted by molar-refractivity contribution is 0.0528. The van der Waals surface area contributed by atoms with Crippen LogP contribution < -0.4 is 0 Å². The Hall–Kier alpha value is -0.870. The standard InChI is InChI=1S/C12H11BrO2S/c1-3-15-12(14)11-7(2)16-10-6-8(13)4-5-9(10)11/h4-6H,3H2,1-2H3. The van der Waals surface area contributed by atoms with Gasteiger partial charge in [-0.3, -0.25) is 0 Å². The molecule has 0 bridgehead atoms. The molecule has 0 amide bonds. The molecule has 0 atom stereocenters. The van der Waals surface area contributed by atoms with Gasteiger partial charge in [0.2, 0.25) is 0 Å². The minimum Gasteiger partial charge on any atom is -0.462 e. The summed E-state index contributed by atoms with van der Waals surface area (Å²) in [6, 6.07) is 5.92. The zero-order valence-corrected chi connectivity index (χ0v) is 11.4. The molecular weight excluding hydrogens is 288 g/mol. The first kappa shape index (κ1) is 11.6. The summed E-state index contributed by atoms with van der Waals surface area (Å²) in [5.74, 6) is -0.228. The summed E-state index contributed by atoms with van der Waals surface area (Å²) in [5, 5.41) is 0.976. The topological polar surface area (TPSA) is 26.3 Å². The van der Waals surface area contributed by atoms with Gasteiger partial charge < -0.3 is 4.74 Å². The van der Waals surface area contributed by atoms with Gasteiger partial charge in [0, 0.05) is 19.4 Å². The number of fused-ring (bicyclic) bond motifs is 1. The highest BCUT2D eigenvalue weighted by Crippen LogP contribution is 2.33. The van der Waals surface area contributed by atoms with Crippen LogP contribution in [0.5, 0.6) is 0 Å². The second-order valence-electron chi connectivity index (χ2n) is 3.39. The molecule has 0 radical (unpaired) electrons. The van der Waals surface area contributed by atoms with Gasteiger partial charge in [-0.1, -0.05) is 22.0 Å². The van der Waals surface area contributed by atoms with Crippen molar-refractivity contribution in [3.8, 4) is 0 Å². The summed E-state index contributed by atoms with van der Waals surface area (Å²) < 4.78 is 7.19. The molecular formula is C12H11BrO2S. The van der Waals surface area contributed by atoms with Crippen LogP contribution in [0.1, 0.15) is 22.2 Å². The van der Waals surface area contributed by atoms with Crippen molar-refractivity contribution >= 4 is 43.3 Å². The molecule has 0 aliphatic rings. The number of halogens is 1. The van der Waals surface area contributed by atoms with Crippen molar-refractivity contribution in [2.75, 3.05) is 6.61 Å². The van der Waals surface area contributed by atoms with Crippen LogP contribution in [0.3, 0.4) is 0 Å². The molecule has 2 nitrogen and oxygen atoms in total. The first-order valence-electron chi connectivity index (χ1n) is 4.99. The van der Waals surface area contributed by atoms with Crippen molar-refractivity contribution < 1.29 is 9.53 Å². The smallest absolute Gasteiger partial charge is 0.339 e. The lowest BCUT2D eigenvalue weighted by Crippen LogP contribution is -2.04. The van der Waals surface area contributed by atoms with E-state index in [1.54, 1.807) is 11.3 Å². The van der Waals surface area contributed by atoms with Crippen molar-refractivity contribution in [1.82, 2.24) is 0 Å². The van der Waals surface area contributed by atoms with E-state index in [4.69, 9.17) is 4.74 Å². The van der Waals surface area contributed by atoms with Gasteiger partial charge in [0.1, 0.15) is 0 Å². The summed E-state index contributed by atoms with van der Waals surface area (Å²) >= 11 is 5.04. The van der Waals surface area contributed by atoms with E-state index in [0.29, 0.717) is 12.2 Å². The zero-order valence-electron chi connectivity index (χ0n) is 9.04. The number of carbonyl (C=O) groups is 1. The minimum absolute atomic E-state index is 0.228. The Morgan fingerprint density at radius 3 is 2.94 bits per heavy atom. The molecule has 4 heteroatoms. The number of rotatable bonds is 2. The van der Waals surface area contributed by atoms with E-state index in [1.165, 1.54) is 0 Å². The Morgan fingerprint density at radius 1 is 1.50 bits per heavy atom. The molecule has 0 spiro atoms. The van der Waals surface area contributed by atoms with Crippen molar-refractivity contribution in [3.05, 3.63) is 33.1 Å². The fourth-order valence-electron chi connectivity index (χ4n) is 1.65. The summed E-state index contributed by atoms with van der Waals surface area (Å²) in [6.45, 7) is 4.18. The predicted octanol–water partition coefficient (Wildman–Crippen LogP) is 4.15. The quantitative estimate of drug-likeness (QED) is 0.779. The maximum absolute atomic E-state index is 11.8. The van der Waals surface area contributed by atoms with Crippen LogP contribution >= 0.6 is 27.3 Å². The lowest BCUT2D eigenvalue weighted by atomic mass is 10.1. The molecule has 16 heavy (non-hydrogen) atoms. The van der Waals surface area contributed by atoms with Gasteiger partial charge >= 0.3 is 5.97 Å². The highest BCUT2D eigenvalue weighted by molar-refractivity contribution is 9.10. The monoisotopic (exact) mass is 298 g/mol. The number of hydrogen-bond acceptors (Lipinski definition) is 3. The fraction of sp³-hybridized carbons (Fsp3) is 0.250. The van der Waals surface area contributed by atoms with Gasteiger partial charge in [0.25, 0.3) is 0 Å². The Balaban J connectivity index is 2.60. The fourth-order valence-corrected chi connectivity index (χ4v) is 3.25. The summed E-state index contributed by atoms with van der Waals surface area (Å²) in [5.41, 5.74) is 0.703. The number of thiophene rings is 1. The Labute approximate surface area is 106 Å². The summed E-state index contributed by atoms with van der Waals surface area (Å²) in [6.07, 6.45) is 0. The lowest BCUT2D eigenvalue weighted by Gasteiger charge is -2.01. The highest BCUT2D eigenvalue weighted by atomic mass is 79.9. The van der Waals surface area contributed by atoms with Crippen LogP contribution in [0.25, 0.3) is 10.1 Å². The molecule has 0 saturated carbocycles. The van der Waals surface area contributed by atoms with Crippen LogP contribution in [-0.2, 0) is 4.74 Å². The Bertz CT molecular complexity index is 545. The molecule has 1 aromatic heterocycles. The van der Waals surface area contributed by atoms with Crippen LogP contribution in [-0.4, -0.2) is 12.6 Å². The number of aryl methyl sites for hydroxylation is 1. The average molecular weight is 299 g/mol. The van der Waals surface area contributed by atoms with Gasteiger partial charge in [0.15, 0.2) is 0 Å². The highest BCUT2D eigenvalue weighted by Gasteiger charge is 2.17. The van der Waals surface area contributed by atoms with Gasteiger partial charge in [-0.15, -0.1) is 11.3 Å². The van der Waals surface area contributed by atoms with E-state index >= 15 is 0 Å². The van der Waals surface area contributed by atoms with E-state index in [1.807, 2.05) is 32.0 Å². The molecule has 0 fully saturated rings. The molecule has 2 rings (SSSR count). The predicted molar refractivity (Wildman–Crippen MR) is 70.2 cm³/mol. The van der Waals surface area contributed by atoms with E-state index in [-0.39, 0.29) is 5.97 Å². The maximum atomic E-state index is 11.8. The third kappa shape index (κ3) is 1.99. The molecule has 1 heterocycles. The number of esters is 1. The molecule has 0 aliphatic carbocycles. The Kier molecular flexibility index (Phi) is 3.30. The van der Waals surface area contributed by atoms with Crippen LogP contribution in [0.2, 0.25) is 0 Å². The van der Waals surface area contributed by atoms with Crippen molar-refractivity contribution in [3.63, 3.8) is 0 Å². The number of benzene rings is 1. The third-order valence-corrected chi connectivity index (χ3v) is 3.87. The second-order valence-corrected chi connectivity index (χ2v) is 5.57. The number of carbonyl (C=O) groups excluding carboxylic acids is 1. The van der Waals surface area contributed by atoms with E-state index in [2.05, 4.69) is 15.9 Å². The molecule has 1 aromatic carbocycles. The van der Waals surface area contributed by atoms with Crippen LogP contribution in [0, 0.1) is 6.92 Å². The summed E-state index contributed by atoms with van der Waals surface area (Å²) in [7, 11) is 0.